The van der Waals surface area contributed by atoms with Crippen molar-refractivity contribution in [2.24, 2.45) is 0 Å². The minimum Gasteiger partial charge on any atom is -0.385 e. The van der Waals surface area contributed by atoms with Gasteiger partial charge in [0.15, 0.2) is 0 Å². The second-order valence-corrected chi connectivity index (χ2v) is 4.65. The Morgan fingerprint density at radius 3 is 3.06 bits per heavy atom. The number of benzene rings is 1. The second kappa shape index (κ2) is 5.70. The molecule has 1 aliphatic heterocycles. The first-order valence-electron chi connectivity index (χ1n) is 6.27. The van der Waals surface area contributed by atoms with E-state index in [0.29, 0.717) is 6.04 Å². The quantitative estimate of drug-likeness (QED) is 0.833. The van der Waals surface area contributed by atoms with Crippen LogP contribution in [0.1, 0.15) is 30.4 Å². The average Bonchev–Trinajstić information content (AvgIpc) is 2.82. The zero-order chi connectivity index (χ0) is 12.1. The molecule has 1 aliphatic rings. The molecule has 1 heterocycles. The lowest BCUT2D eigenvalue weighted by Crippen LogP contribution is -2.24. The summed E-state index contributed by atoms with van der Waals surface area (Å²) in [6.45, 7) is 4.13. The van der Waals surface area contributed by atoms with E-state index in [1.54, 1.807) is 0 Å². The number of anilines is 1. The molecule has 2 N–H and O–H groups in total. The van der Waals surface area contributed by atoms with Gasteiger partial charge in [-0.05, 0) is 56.5 Å². The van der Waals surface area contributed by atoms with E-state index in [-0.39, 0.29) is 0 Å². The maximum Gasteiger partial charge on any atom is 0.0994 e. The second-order valence-electron chi connectivity index (χ2n) is 4.65. The first-order chi connectivity index (χ1) is 8.29. The van der Waals surface area contributed by atoms with Gasteiger partial charge in [0.05, 0.1) is 11.6 Å². The first-order valence-corrected chi connectivity index (χ1v) is 6.27. The van der Waals surface area contributed by atoms with Crippen molar-refractivity contribution in [1.82, 2.24) is 5.32 Å². The molecule has 1 aromatic rings. The predicted molar refractivity (Wildman–Crippen MR) is 70.0 cm³/mol. The van der Waals surface area contributed by atoms with Gasteiger partial charge in [0, 0.05) is 18.3 Å². The van der Waals surface area contributed by atoms with Gasteiger partial charge >= 0.3 is 0 Å². The summed E-state index contributed by atoms with van der Waals surface area (Å²) in [5, 5.41) is 15.8. The van der Waals surface area contributed by atoms with Crippen molar-refractivity contribution >= 4 is 5.69 Å². The normalized spacial score (nSPS) is 18.9. The van der Waals surface area contributed by atoms with Crippen LogP contribution in [0.5, 0.6) is 0 Å². The van der Waals surface area contributed by atoms with E-state index in [4.69, 9.17) is 5.26 Å². The van der Waals surface area contributed by atoms with Gasteiger partial charge in [-0.2, -0.15) is 5.26 Å². The van der Waals surface area contributed by atoms with E-state index < -0.39 is 0 Å². The summed E-state index contributed by atoms with van der Waals surface area (Å²) in [4.78, 5) is 0. The fourth-order valence-electron chi connectivity index (χ4n) is 2.29. The highest BCUT2D eigenvalue weighted by Gasteiger charge is 2.12. The van der Waals surface area contributed by atoms with Crippen LogP contribution in [0, 0.1) is 18.3 Å². The third-order valence-electron chi connectivity index (χ3n) is 3.33. The van der Waals surface area contributed by atoms with Crippen LogP contribution in [0.2, 0.25) is 0 Å². The van der Waals surface area contributed by atoms with Gasteiger partial charge in [0.2, 0.25) is 0 Å². The number of aryl methyl sites for hydroxylation is 1. The highest BCUT2D eigenvalue weighted by atomic mass is 14.9. The molecule has 2 rings (SSSR count). The largest absolute Gasteiger partial charge is 0.385 e. The predicted octanol–water partition coefficient (Wildman–Crippen LogP) is 2.42. The first kappa shape index (κ1) is 11.9. The van der Waals surface area contributed by atoms with Crippen LogP contribution in [0.25, 0.3) is 0 Å². The van der Waals surface area contributed by atoms with Crippen LogP contribution in [-0.4, -0.2) is 19.1 Å². The van der Waals surface area contributed by atoms with Crippen LogP contribution < -0.4 is 10.6 Å². The van der Waals surface area contributed by atoms with Gasteiger partial charge in [0.25, 0.3) is 0 Å². The topological polar surface area (TPSA) is 47.8 Å². The van der Waals surface area contributed by atoms with Gasteiger partial charge in [-0.25, -0.2) is 0 Å². The summed E-state index contributed by atoms with van der Waals surface area (Å²) in [5.74, 6) is 0. The lowest BCUT2D eigenvalue weighted by molar-refractivity contribution is 0.574. The Bertz CT molecular complexity index is 414. The molecule has 0 aromatic heterocycles. The molecule has 1 unspecified atom stereocenters. The van der Waals surface area contributed by atoms with Gasteiger partial charge < -0.3 is 10.6 Å². The summed E-state index contributed by atoms with van der Waals surface area (Å²) in [5.41, 5.74) is 2.91. The maximum atomic E-state index is 8.85. The van der Waals surface area contributed by atoms with Crippen LogP contribution >= 0.6 is 0 Å². The molecule has 0 bridgehead atoms. The third-order valence-corrected chi connectivity index (χ3v) is 3.33. The average molecular weight is 229 g/mol. The van der Waals surface area contributed by atoms with Crippen molar-refractivity contribution in [2.45, 2.75) is 32.2 Å². The number of nitrogens with zero attached hydrogens (tertiary/aromatic N) is 1. The van der Waals surface area contributed by atoms with E-state index in [0.717, 1.165) is 23.4 Å². The zero-order valence-electron chi connectivity index (χ0n) is 10.3. The Morgan fingerprint density at radius 2 is 2.41 bits per heavy atom. The van der Waals surface area contributed by atoms with Crippen molar-refractivity contribution in [2.75, 3.05) is 18.4 Å². The minimum atomic E-state index is 0.682. The number of nitriles is 1. The van der Waals surface area contributed by atoms with Gasteiger partial charge in [-0.1, -0.05) is 0 Å². The molecule has 0 aliphatic carbocycles. The van der Waals surface area contributed by atoms with E-state index >= 15 is 0 Å². The highest BCUT2D eigenvalue weighted by Crippen LogP contribution is 2.15. The molecular weight excluding hydrogens is 210 g/mol. The molecule has 0 saturated carbocycles. The summed E-state index contributed by atoms with van der Waals surface area (Å²) >= 11 is 0. The molecule has 0 radical (unpaired) electrons. The highest BCUT2D eigenvalue weighted by molar-refractivity contribution is 5.51. The molecule has 0 spiro atoms. The Labute approximate surface area is 103 Å². The number of rotatable bonds is 4. The van der Waals surface area contributed by atoms with E-state index in [1.807, 2.05) is 25.1 Å². The van der Waals surface area contributed by atoms with E-state index in [2.05, 4.69) is 16.7 Å². The molecule has 0 amide bonds. The molecule has 3 heteroatoms. The minimum absolute atomic E-state index is 0.682. The fourth-order valence-corrected chi connectivity index (χ4v) is 2.29. The molecule has 1 saturated heterocycles. The smallest absolute Gasteiger partial charge is 0.0994 e. The number of hydrogen-bond acceptors (Lipinski definition) is 3. The third kappa shape index (κ3) is 3.21. The van der Waals surface area contributed by atoms with E-state index in [1.165, 1.54) is 25.8 Å². The number of hydrogen-bond donors (Lipinski definition) is 2. The Morgan fingerprint density at radius 1 is 1.53 bits per heavy atom. The maximum absolute atomic E-state index is 8.85. The molecule has 17 heavy (non-hydrogen) atoms. The lowest BCUT2D eigenvalue weighted by atomic mass is 10.1. The standard InChI is InChI=1S/C14H19N3/c1-11-9-14(5-4-12(11)10-15)17-8-6-13-3-2-7-16-13/h4-5,9,13,16-17H,2-3,6-8H2,1H3. The van der Waals surface area contributed by atoms with Crippen LogP contribution in [0.3, 0.4) is 0 Å². The summed E-state index contributed by atoms with van der Waals surface area (Å²) in [6.07, 6.45) is 3.77. The van der Waals surface area contributed by atoms with Gasteiger partial charge in [0.1, 0.15) is 0 Å². The van der Waals surface area contributed by atoms with Crippen LogP contribution in [0.15, 0.2) is 18.2 Å². The summed E-state index contributed by atoms with van der Waals surface area (Å²) in [6, 6.07) is 8.77. The summed E-state index contributed by atoms with van der Waals surface area (Å²) < 4.78 is 0. The SMILES string of the molecule is Cc1cc(NCCC2CCCN2)ccc1C#N. The van der Waals surface area contributed by atoms with Gasteiger partial charge in [-0.3, -0.25) is 0 Å². The zero-order valence-corrected chi connectivity index (χ0v) is 10.3. The molecule has 90 valence electrons. The molecule has 1 fully saturated rings. The Kier molecular flexibility index (Phi) is 4.00. The van der Waals surface area contributed by atoms with Crippen LogP contribution in [0.4, 0.5) is 5.69 Å². The van der Waals surface area contributed by atoms with E-state index in [9.17, 15) is 0 Å². The molecule has 1 aromatic carbocycles. The molecule has 1 atom stereocenters. The van der Waals surface area contributed by atoms with Crippen molar-refractivity contribution in [3.05, 3.63) is 29.3 Å². The fraction of sp³-hybridized carbons (Fsp3) is 0.500. The Balaban J connectivity index is 1.82. The monoisotopic (exact) mass is 229 g/mol. The van der Waals surface area contributed by atoms with Crippen molar-refractivity contribution in [1.29, 1.82) is 5.26 Å². The molecular formula is C14H19N3. The lowest BCUT2D eigenvalue weighted by Gasteiger charge is -2.12. The molecule has 3 nitrogen and oxygen atoms in total. The van der Waals surface area contributed by atoms with Crippen LogP contribution in [-0.2, 0) is 0 Å². The van der Waals surface area contributed by atoms with Crippen molar-refractivity contribution < 1.29 is 0 Å². The Hall–Kier alpha value is -1.53. The van der Waals surface area contributed by atoms with Crippen molar-refractivity contribution in [3.8, 4) is 6.07 Å². The number of nitrogens with one attached hydrogen (secondary N) is 2. The summed E-state index contributed by atoms with van der Waals surface area (Å²) in [7, 11) is 0. The van der Waals surface area contributed by atoms with Gasteiger partial charge in [-0.15, -0.1) is 0 Å². The van der Waals surface area contributed by atoms with Crippen molar-refractivity contribution in [3.63, 3.8) is 0 Å².